The third-order valence-electron chi connectivity index (χ3n) is 3.52. The van der Waals surface area contributed by atoms with Gasteiger partial charge in [0, 0.05) is 18.5 Å². The minimum atomic E-state index is -0.364. The number of hydrogen-bond acceptors (Lipinski definition) is 2. The maximum atomic E-state index is 12.1. The highest BCUT2D eigenvalue weighted by Crippen LogP contribution is 2.18. The predicted octanol–water partition coefficient (Wildman–Crippen LogP) is 2.99. The molecule has 1 aromatic heterocycles. The van der Waals surface area contributed by atoms with Crippen molar-refractivity contribution in [1.29, 1.82) is 0 Å². The maximum Gasteiger partial charge on any atom is 0.257 e. The van der Waals surface area contributed by atoms with E-state index in [0.29, 0.717) is 5.92 Å². The zero-order chi connectivity index (χ0) is 15.4. The molecule has 2 aromatic rings. The number of aromatic nitrogens is 1. The number of pyridine rings is 1. The molecule has 1 unspecified atom stereocenters. The van der Waals surface area contributed by atoms with Crippen LogP contribution in [0.3, 0.4) is 0 Å². The van der Waals surface area contributed by atoms with Gasteiger partial charge in [0.2, 0.25) is 0 Å². The van der Waals surface area contributed by atoms with Crippen molar-refractivity contribution >= 4 is 5.91 Å². The highest BCUT2D eigenvalue weighted by Gasteiger charge is 2.14. The molecule has 0 aliphatic heterocycles. The van der Waals surface area contributed by atoms with Crippen LogP contribution < -0.4 is 10.7 Å². The Labute approximate surface area is 124 Å². The molecule has 0 spiro atoms. The van der Waals surface area contributed by atoms with E-state index >= 15 is 0 Å². The molecule has 4 heteroatoms. The standard InChI is InChI=1S/C17H20N2O2/c1-11(2)13-4-6-14(7-5-13)12(3)19-17(21)15-10-18-9-8-16(15)20/h4-12H,1-3H3,(H,18,20)(H,19,21). The molecule has 0 fully saturated rings. The first-order valence-electron chi connectivity index (χ1n) is 7.07. The van der Waals surface area contributed by atoms with Crippen LogP contribution >= 0.6 is 0 Å². The van der Waals surface area contributed by atoms with Crippen molar-refractivity contribution in [3.63, 3.8) is 0 Å². The van der Waals surface area contributed by atoms with Crippen molar-refractivity contribution in [1.82, 2.24) is 10.3 Å². The molecule has 0 saturated heterocycles. The SMILES string of the molecule is CC(C)c1ccc(C(C)NC(=O)c2c[nH]ccc2=O)cc1. The van der Waals surface area contributed by atoms with Crippen molar-refractivity contribution < 1.29 is 4.79 Å². The highest BCUT2D eigenvalue weighted by atomic mass is 16.2. The largest absolute Gasteiger partial charge is 0.367 e. The van der Waals surface area contributed by atoms with Gasteiger partial charge in [-0.3, -0.25) is 9.59 Å². The van der Waals surface area contributed by atoms with Crippen LogP contribution in [0, 0.1) is 0 Å². The number of nitrogens with one attached hydrogen (secondary N) is 2. The number of amides is 1. The van der Waals surface area contributed by atoms with Gasteiger partial charge in [0.25, 0.3) is 5.91 Å². The number of benzene rings is 1. The van der Waals surface area contributed by atoms with Gasteiger partial charge in [0.15, 0.2) is 5.43 Å². The molecule has 0 bridgehead atoms. The smallest absolute Gasteiger partial charge is 0.257 e. The summed E-state index contributed by atoms with van der Waals surface area (Å²) in [4.78, 5) is 26.5. The molecule has 0 radical (unpaired) electrons. The highest BCUT2D eigenvalue weighted by molar-refractivity contribution is 5.93. The van der Waals surface area contributed by atoms with E-state index in [1.54, 1.807) is 0 Å². The van der Waals surface area contributed by atoms with Crippen molar-refractivity contribution in [3.8, 4) is 0 Å². The Hall–Kier alpha value is -2.36. The van der Waals surface area contributed by atoms with Crippen LogP contribution in [0.2, 0.25) is 0 Å². The monoisotopic (exact) mass is 284 g/mol. The average molecular weight is 284 g/mol. The van der Waals surface area contributed by atoms with Gasteiger partial charge >= 0.3 is 0 Å². The fourth-order valence-electron chi connectivity index (χ4n) is 2.12. The molecule has 1 amide bonds. The van der Waals surface area contributed by atoms with Crippen LogP contribution in [-0.4, -0.2) is 10.9 Å². The van der Waals surface area contributed by atoms with Gasteiger partial charge in [-0.1, -0.05) is 38.1 Å². The van der Waals surface area contributed by atoms with E-state index in [1.165, 1.54) is 24.0 Å². The summed E-state index contributed by atoms with van der Waals surface area (Å²) in [5, 5.41) is 2.84. The van der Waals surface area contributed by atoms with Crippen molar-refractivity contribution in [2.45, 2.75) is 32.7 Å². The summed E-state index contributed by atoms with van der Waals surface area (Å²) < 4.78 is 0. The summed E-state index contributed by atoms with van der Waals surface area (Å²) in [6, 6.07) is 9.34. The fraction of sp³-hybridized carbons (Fsp3) is 0.294. The quantitative estimate of drug-likeness (QED) is 0.906. The average Bonchev–Trinajstić information content (AvgIpc) is 2.47. The van der Waals surface area contributed by atoms with E-state index < -0.39 is 0 Å². The van der Waals surface area contributed by atoms with Crippen LogP contribution in [0.5, 0.6) is 0 Å². The number of rotatable bonds is 4. The minimum absolute atomic E-state index is 0.128. The Morgan fingerprint density at radius 3 is 2.24 bits per heavy atom. The Kier molecular flexibility index (Phi) is 4.58. The zero-order valence-electron chi connectivity index (χ0n) is 12.5. The van der Waals surface area contributed by atoms with Gasteiger partial charge in [-0.05, 0) is 24.0 Å². The van der Waals surface area contributed by atoms with Gasteiger partial charge in [-0.15, -0.1) is 0 Å². The number of hydrogen-bond donors (Lipinski definition) is 2. The Bertz CT molecular complexity index is 672. The number of carbonyl (C=O) groups is 1. The molecule has 1 atom stereocenters. The molecule has 4 nitrogen and oxygen atoms in total. The number of H-pyrrole nitrogens is 1. The third-order valence-corrected chi connectivity index (χ3v) is 3.52. The molecule has 21 heavy (non-hydrogen) atoms. The third kappa shape index (κ3) is 3.60. The molecule has 0 aliphatic rings. The predicted molar refractivity (Wildman–Crippen MR) is 83.5 cm³/mol. The van der Waals surface area contributed by atoms with Gasteiger partial charge in [-0.25, -0.2) is 0 Å². The molecule has 1 heterocycles. The second kappa shape index (κ2) is 6.39. The first-order chi connectivity index (χ1) is 9.99. The van der Waals surface area contributed by atoms with E-state index in [0.717, 1.165) is 5.56 Å². The molecule has 2 rings (SSSR count). The van der Waals surface area contributed by atoms with Crippen LogP contribution in [0.1, 0.15) is 54.2 Å². The van der Waals surface area contributed by atoms with Crippen molar-refractivity contribution in [2.24, 2.45) is 0 Å². The van der Waals surface area contributed by atoms with Gasteiger partial charge in [0.1, 0.15) is 5.56 Å². The van der Waals surface area contributed by atoms with E-state index in [9.17, 15) is 9.59 Å². The van der Waals surface area contributed by atoms with Crippen molar-refractivity contribution in [2.75, 3.05) is 0 Å². The lowest BCUT2D eigenvalue weighted by Crippen LogP contribution is -2.30. The molecule has 110 valence electrons. The molecular weight excluding hydrogens is 264 g/mol. The molecule has 0 saturated carbocycles. The molecule has 2 N–H and O–H groups in total. The minimum Gasteiger partial charge on any atom is -0.367 e. The summed E-state index contributed by atoms with van der Waals surface area (Å²) in [5.41, 5.74) is 2.12. The van der Waals surface area contributed by atoms with Crippen LogP contribution in [-0.2, 0) is 0 Å². The number of carbonyl (C=O) groups excluding carboxylic acids is 1. The molecule has 1 aromatic carbocycles. The van der Waals surface area contributed by atoms with Gasteiger partial charge in [-0.2, -0.15) is 0 Å². The van der Waals surface area contributed by atoms with Crippen LogP contribution in [0.4, 0.5) is 0 Å². The van der Waals surface area contributed by atoms with Crippen LogP contribution in [0.25, 0.3) is 0 Å². The fourth-order valence-corrected chi connectivity index (χ4v) is 2.12. The van der Waals surface area contributed by atoms with E-state index in [4.69, 9.17) is 0 Å². The Balaban J connectivity index is 2.11. The lowest BCUT2D eigenvalue weighted by Gasteiger charge is -2.15. The lowest BCUT2D eigenvalue weighted by atomic mass is 9.99. The second-order valence-corrected chi connectivity index (χ2v) is 5.44. The zero-order valence-corrected chi connectivity index (χ0v) is 12.5. The number of aromatic amines is 1. The Morgan fingerprint density at radius 2 is 1.67 bits per heavy atom. The first-order valence-corrected chi connectivity index (χ1v) is 7.07. The molecular formula is C17H20N2O2. The van der Waals surface area contributed by atoms with Gasteiger partial charge in [0.05, 0.1) is 6.04 Å². The van der Waals surface area contributed by atoms with E-state index in [1.807, 2.05) is 19.1 Å². The topological polar surface area (TPSA) is 62.0 Å². The summed E-state index contributed by atoms with van der Waals surface area (Å²) in [6.07, 6.45) is 2.93. The molecule has 0 aliphatic carbocycles. The first kappa shape index (κ1) is 15.0. The second-order valence-electron chi connectivity index (χ2n) is 5.44. The summed E-state index contributed by atoms with van der Waals surface area (Å²) in [6.45, 7) is 6.18. The lowest BCUT2D eigenvalue weighted by molar-refractivity contribution is 0.0938. The van der Waals surface area contributed by atoms with Crippen LogP contribution in [0.15, 0.2) is 47.5 Å². The van der Waals surface area contributed by atoms with E-state index in [-0.39, 0.29) is 22.9 Å². The Morgan fingerprint density at radius 1 is 1.05 bits per heavy atom. The van der Waals surface area contributed by atoms with Gasteiger partial charge < -0.3 is 10.3 Å². The summed E-state index contributed by atoms with van der Waals surface area (Å²) in [7, 11) is 0. The normalized spacial score (nSPS) is 12.2. The summed E-state index contributed by atoms with van der Waals surface area (Å²) >= 11 is 0. The van der Waals surface area contributed by atoms with Crippen molar-refractivity contribution in [3.05, 3.63) is 69.6 Å². The summed E-state index contributed by atoms with van der Waals surface area (Å²) in [5.74, 6) is 0.115. The maximum absolute atomic E-state index is 12.1. The van der Waals surface area contributed by atoms with E-state index in [2.05, 4.69) is 36.3 Å².